The molecular formula is C68H62. The van der Waals surface area contributed by atoms with Crippen molar-refractivity contribution in [2.24, 2.45) is 0 Å². The second kappa shape index (κ2) is 14.0. The summed E-state index contributed by atoms with van der Waals surface area (Å²) in [7, 11) is 0. The van der Waals surface area contributed by atoms with Gasteiger partial charge in [-0.25, -0.2) is 0 Å². The summed E-state index contributed by atoms with van der Waals surface area (Å²) in [5.41, 5.74) is 36.3. The average molecular weight is 879 g/mol. The SMILES string of the molecule is Cc1c(C2=CC3=C(CC2)c2ccccc2C3(C)C)c(-c2ccc3c(c2)C(C)(C)C2=C3C=CCC2)c(C)c(-c2ccc3c(c2)C(C)(C)c2ccccc2-3)c1-c1ccc2c(c1)C(C)(C)c1ccccc1-2. The topological polar surface area (TPSA) is 0 Å². The van der Waals surface area contributed by atoms with Gasteiger partial charge >= 0.3 is 0 Å². The van der Waals surface area contributed by atoms with Crippen LogP contribution >= 0.6 is 0 Å². The van der Waals surface area contributed by atoms with Gasteiger partial charge in [-0.15, -0.1) is 0 Å². The Hall–Kier alpha value is -6.50. The van der Waals surface area contributed by atoms with Gasteiger partial charge in [-0.1, -0.05) is 188 Å². The van der Waals surface area contributed by atoms with E-state index in [1.54, 1.807) is 5.57 Å². The van der Waals surface area contributed by atoms with Crippen LogP contribution < -0.4 is 0 Å². The predicted molar refractivity (Wildman–Crippen MR) is 289 cm³/mol. The van der Waals surface area contributed by atoms with Crippen LogP contribution in [0.15, 0.2) is 157 Å². The van der Waals surface area contributed by atoms with E-state index in [-0.39, 0.29) is 21.7 Å². The lowest BCUT2D eigenvalue weighted by Gasteiger charge is -2.31. The van der Waals surface area contributed by atoms with Crippen molar-refractivity contribution in [2.45, 2.75) is 117 Å². The summed E-state index contributed by atoms with van der Waals surface area (Å²) in [5.74, 6) is 0. The van der Waals surface area contributed by atoms with Crippen molar-refractivity contribution >= 4 is 16.7 Å². The lowest BCUT2D eigenvalue weighted by Crippen LogP contribution is -2.18. The normalized spacial score (nSPS) is 18.9. The minimum Gasteiger partial charge on any atom is -0.0836 e. The zero-order chi connectivity index (χ0) is 46.8. The van der Waals surface area contributed by atoms with Gasteiger partial charge in [-0.3, -0.25) is 0 Å². The molecule has 334 valence electrons. The molecule has 0 saturated carbocycles. The fraction of sp³-hybridized carbons (Fsp3) is 0.265. The Labute approximate surface area is 404 Å². The largest absolute Gasteiger partial charge is 0.0836 e. The van der Waals surface area contributed by atoms with E-state index < -0.39 is 0 Å². The van der Waals surface area contributed by atoms with Crippen LogP contribution in [0.1, 0.15) is 142 Å². The quantitative estimate of drug-likeness (QED) is 0.165. The van der Waals surface area contributed by atoms with E-state index in [0.29, 0.717) is 0 Å². The number of benzene rings is 7. The molecule has 0 amide bonds. The molecule has 0 fully saturated rings. The van der Waals surface area contributed by atoms with E-state index >= 15 is 0 Å². The smallest absolute Gasteiger partial charge is 0.0159 e. The molecule has 7 aromatic carbocycles. The van der Waals surface area contributed by atoms with E-state index in [4.69, 9.17) is 0 Å². The minimum absolute atomic E-state index is 0.0316. The van der Waals surface area contributed by atoms with Crippen LogP contribution in [-0.2, 0) is 21.7 Å². The summed E-state index contributed by atoms with van der Waals surface area (Å²) in [6.07, 6.45) is 11.7. The Bertz CT molecular complexity index is 3560. The summed E-state index contributed by atoms with van der Waals surface area (Å²) >= 11 is 0. The summed E-state index contributed by atoms with van der Waals surface area (Å²) in [6, 6.07) is 49.8. The van der Waals surface area contributed by atoms with E-state index in [2.05, 4.69) is 215 Å². The maximum absolute atomic E-state index is 2.65. The highest BCUT2D eigenvalue weighted by molar-refractivity contribution is 6.03. The van der Waals surface area contributed by atoms with Crippen molar-refractivity contribution in [3.63, 3.8) is 0 Å². The summed E-state index contributed by atoms with van der Waals surface area (Å²) in [4.78, 5) is 0. The van der Waals surface area contributed by atoms with Crippen LogP contribution in [0.25, 0.3) is 72.4 Å². The first-order chi connectivity index (χ1) is 32.6. The summed E-state index contributed by atoms with van der Waals surface area (Å²) in [6.45, 7) is 24.5. The van der Waals surface area contributed by atoms with Crippen LogP contribution in [0, 0.1) is 13.8 Å². The van der Waals surface area contributed by atoms with Crippen LogP contribution in [0.5, 0.6) is 0 Å². The fourth-order valence-electron chi connectivity index (χ4n) is 14.6. The molecule has 0 heterocycles. The molecule has 7 aromatic rings. The Morgan fingerprint density at radius 2 is 0.824 bits per heavy atom. The van der Waals surface area contributed by atoms with Gasteiger partial charge in [0, 0.05) is 21.7 Å². The number of hydrogen-bond acceptors (Lipinski definition) is 0. The van der Waals surface area contributed by atoms with Crippen molar-refractivity contribution in [3.05, 3.63) is 218 Å². The van der Waals surface area contributed by atoms with Crippen LogP contribution in [-0.4, -0.2) is 0 Å². The van der Waals surface area contributed by atoms with Gasteiger partial charge in [-0.2, -0.15) is 0 Å². The third-order valence-electron chi connectivity index (χ3n) is 18.1. The highest BCUT2D eigenvalue weighted by Crippen LogP contribution is 2.58. The minimum atomic E-state index is -0.118. The Morgan fingerprint density at radius 1 is 0.382 bits per heavy atom. The van der Waals surface area contributed by atoms with Gasteiger partial charge < -0.3 is 0 Å². The molecule has 6 aliphatic rings. The third kappa shape index (κ3) is 5.44. The molecule has 13 rings (SSSR count). The fourth-order valence-corrected chi connectivity index (χ4v) is 14.6. The molecule has 6 aliphatic carbocycles. The van der Waals surface area contributed by atoms with Gasteiger partial charge in [0.2, 0.25) is 0 Å². The molecule has 0 N–H and O–H groups in total. The molecule has 0 heteroatoms. The molecule has 0 saturated heterocycles. The van der Waals surface area contributed by atoms with Crippen LogP contribution in [0.2, 0.25) is 0 Å². The van der Waals surface area contributed by atoms with Gasteiger partial charge in [-0.05, 0) is 197 Å². The second-order valence-corrected chi connectivity index (χ2v) is 23.1. The zero-order valence-electron chi connectivity index (χ0n) is 41.7. The summed E-state index contributed by atoms with van der Waals surface area (Å²) < 4.78 is 0. The highest BCUT2D eigenvalue weighted by atomic mass is 14.5. The summed E-state index contributed by atoms with van der Waals surface area (Å²) in [5, 5.41) is 0. The van der Waals surface area contributed by atoms with E-state index in [1.165, 1.54) is 139 Å². The lowest BCUT2D eigenvalue weighted by molar-refractivity contribution is 0.607. The van der Waals surface area contributed by atoms with Crippen LogP contribution in [0.3, 0.4) is 0 Å². The number of hydrogen-bond donors (Lipinski definition) is 0. The standard InChI is InChI=1S/C68H62/c1-39-61(41-27-31-49-45-19-11-15-23-53(45)65(3,4)57(49)35-41)63(43-29-33-51-47-21-13-17-25-55(47)67(7,8)59(51)37-43)40(2)64(44-30-34-52-48-22-14-18-26-56(48)68(9,10)60(52)38-44)62(39)42-28-32-50-46-20-12-16-24-54(46)66(5,6)58(50)36-42/h11-17,19-25,27,29-31,33-38H,18,26,28,32H2,1-10H3. The lowest BCUT2D eigenvalue weighted by atomic mass is 9.72. The molecular weight excluding hydrogens is 817 g/mol. The van der Waals surface area contributed by atoms with Crippen LogP contribution in [0.4, 0.5) is 0 Å². The number of allylic oxidation sites excluding steroid dienone is 8. The second-order valence-electron chi connectivity index (χ2n) is 23.1. The van der Waals surface area contributed by atoms with E-state index in [9.17, 15) is 0 Å². The maximum Gasteiger partial charge on any atom is 0.0159 e. The molecule has 0 aromatic heterocycles. The molecule has 0 nitrogen and oxygen atoms in total. The Kier molecular flexibility index (Phi) is 8.61. The van der Waals surface area contributed by atoms with Crippen molar-refractivity contribution in [2.75, 3.05) is 0 Å². The van der Waals surface area contributed by atoms with Gasteiger partial charge in [0.1, 0.15) is 0 Å². The first-order valence-corrected chi connectivity index (χ1v) is 25.4. The molecule has 0 unspecified atom stereocenters. The first kappa shape index (κ1) is 41.7. The van der Waals surface area contributed by atoms with Crippen molar-refractivity contribution in [3.8, 4) is 55.6 Å². The van der Waals surface area contributed by atoms with Crippen molar-refractivity contribution in [1.29, 1.82) is 0 Å². The predicted octanol–water partition coefficient (Wildman–Crippen LogP) is 18.2. The molecule has 0 atom stereocenters. The molecule has 0 spiro atoms. The van der Waals surface area contributed by atoms with Crippen molar-refractivity contribution in [1.82, 2.24) is 0 Å². The molecule has 0 bridgehead atoms. The maximum atomic E-state index is 2.65. The first-order valence-electron chi connectivity index (χ1n) is 25.4. The molecule has 0 aliphatic heterocycles. The van der Waals surface area contributed by atoms with E-state index in [0.717, 1.165) is 25.7 Å². The Balaban J connectivity index is 1.12. The highest BCUT2D eigenvalue weighted by Gasteiger charge is 2.42. The molecule has 68 heavy (non-hydrogen) atoms. The number of fused-ring (bicyclic) bond motifs is 10. The number of rotatable bonds is 4. The van der Waals surface area contributed by atoms with Gasteiger partial charge in [0.15, 0.2) is 0 Å². The average Bonchev–Trinajstić information content (AvgIpc) is 3.91. The monoisotopic (exact) mass is 878 g/mol. The van der Waals surface area contributed by atoms with E-state index in [1.807, 2.05) is 0 Å². The Morgan fingerprint density at radius 3 is 1.38 bits per heavy atom. The third-order valence-corrected chi connectivity index (χ3v) is 18.1. The van der Waals surface area contributed by atoms with Crippen molar-refractivity contribution < 1.29 is 0 Å². The van der Waals surface area contributed by atoms with Gasteiger partial charge in [0.05, 0.1) is 0 Å². The zero-order valence-corrected chi connectivity index (χ0v) is 41.7. The van der Waals surface area contributed by atoms with Gasteiger partial charge in [0.25, 0.3) is 0 Å². The molecule has 0 radical (unpaired) electrons.